The van der Waals surface area contributed by atoms with E-state index in [1.54, 1.807) is 19.0 Å². The Morgan fingerprint density at radius 1 is 1.21 bits per heavy atom. The normalized spacial score (nSPS) is 22.9. The average Bonchev–Trinajstić information content (AvgIpc) is 2.43. The first-order chi connectivity index (χ1) is 9.01. The molecule has 1 saturated carbocycles. The summed E-state index contributed by atoms with van der Waals surface area (Å²) in [5.41, 5.74) is 5.78. The van der Waals surface area contributed by atoms with Crippen LogP contribution in [0.3, 0.4) is 0 Å². The van der Waals surface area contributed by atoms with Gasteiger partial charge in [0, 0.05) is 26.6 Å². The van der Waals surface area contributed by atoms with E-state index in [0.29, 0.717) is 13.1 Å². The summed E-state index contributed by atoms with van der Waals surface area (Å²) >= 11 is 0. The lowest BCUT2D eigenvalue weighted by Gasteiger charge is -2.34. The van der Waals surface area contributed by atoms with E-state index in [-0.39, 0.29) is 30.2 Å². The van der Waals surface area contributed by atoms with Crippen LogP contribution in [-0.2, 0) is 9.59 Å². The summed E-state index contributed by atoms with van der Waals surface area (Å²) in [5, 5.41) is 0. The molecule has 0 spiro atoms. The van der Waals surface area contributed by atoms with Crippen LogP contribution in [-0.4, -0.2) is 55.3 Å². The first-order valence-corrected chi connectivity index (χ1v) is 7.20. The van der Waals surface area contributed by atoms with Crippen molar-refractivity contribution in [3.63, 3.8) is 0 Å². The molecule has 0 aromatic heterocycles. The molecule has 2 N–H and O–H groups in total. The summed E-state index contributed by atoms with van der Waals surface area (Å²) in [6.45, 7) is 3.24. The Morgan fingerprint density at radius 2 is 1.84 bits per heavy atom. The molecule has 0 radical (unpaired) electrons. The van der Waals surface area contributed by atoms with Crippen LogP contribution in [0.2, 0.25) is 0 Å². The lowest BCUT2D eigenvalue weighted by molar-refractivity contribution is -0.143. The number of nitrogens with zero attached hydrogens (tertiary/aromatic N) is 2. The molecule has 0 aromatic rings. The monoisotopic (exact) mass is 269 g/mol. The van der Waals surface area contributed by atoms with E-state index in [1.807, 2.05) is 6.92 Å². The van der Waals surface area contributed by atoms with Crippen molar-refractivity contribution in [2.24, 2.45) is 17.6 Å². The van der Waals surface area contributed by atoms with Crippen molar-refractivity contribution in [1.29, 1.82) is 0 Å². The van der Waals surface area contributed by atoms with E-state index >= 15 is 0 Å². The maximum atomic E-state index is 12.6. The van der Waals surface area contributed by atoms with Crippen molar-refractivity contribution in [1.82, 2.24) is 9.80 Å². The molecule has 1 fully saturated rings. The maximum Gasteiger partial charge on any atom is 0.241 e. The highest BCUT2D eigenvalue weighted by atomic mass is 16.2. The van der Waals surface area contributed by atoms with Gasteiger partial charge in [0.2, 0.25) is 11.8 Å². The number of likely N-dealkylation sites (N-methyl/N-ethyl adjacent to an activating group) is 2. The Balaban J connectivity index is 2.68. The second kappa shape index (κ2) is 7.48. The number of carbonyl (C=O) groups is 2. The van der Waals surface area contributed by atoms with Crippen molar-refractivity contribution in [2.45, 2.75) is 32.6 Å². The van der Waals surface area contributed by atoms with Crippen molar-refractivity contribution in [2.75, 3.05) is 33.7 Å². The summed E-state index contributed by atoms with van der Waals surface area (Å²) in [6.07, 6.45) is 4.19. The van der Waals surface area contributed by atoms with Gasteiger partial charge in [0.1, 0.15) is 0 Å². The molecule has 110 valence electrons. The van der Waals surface area contributed by atoms with E-state index in [2.05, 4.69) is 0 Å². The van der Waals surface area contributed by atoms with Crippen LogP contribution >= 0.6 is 0 Å². The lowest BCUT2D eigenvalue weighted by atomic mass is 9.78. The zero-order valence-electron chi connectivity index (χ0n) is 12.4. The summed E-state index contributed by atoms with van der Waals surface area (Å²) < 4.78 is 0. The minimum absolute atomic E-state index is 0.00802. The van der Waals surface area contributed by atoms with Gasteiger partial charge in [0.25, 0.3) is 0 Å². The predicted octanol–water partition coefficient (Wildman–Crippen LogP) is 0.688. The fraction of sp³-hybridized carbons (Fsp3) is 0.857. The Kier molecular flexibility index (Phi) is 6.28. The number of rotatable bonds is 5. The molecular weight excluding hydrogens is 242 g/mol. The van der Waals surface area contributed by atoms with Crippen LogP contribution in [0.4, 0.5) is 0 Å². The highest BCUT2D eigenvalue weighted by molar-refractivity contribution is 5.86. The van der Waals surface area contributed by atoms with Crippen molar-refractivity contribution in [3.8, 4) is 0 Å². The van der Waals surface area contributed by atoms with Crippen LogP contribution in [0.15, 0.2) is 0 Å². The minimum atomic E-state index is -0.0321. The van der Waals surface area contributed by atoms with E-state index in [1.165, 1.54) is 4.90 Å². The van der Waals surface area contributed by atoms with E-state index < -0.39 is 0 Å². The smallest absolute Gasteiger partial charge is 0.241 e. The van der Waals surface area contributed by atoms with Crippen LogP contribution in [0.1, 0.15) is 32.6 Å². The maximum absolute atomic E-state index is 12.6. The van der Waals surface area contributed by atoms with Gasteiger partial charge in [-0.2, -0.15) is 0 Å². The molecule has 0 aliphatic heterocycles. The summed E-state index contributed by atoms with van der Waals surface area (Å²) in [7, 11) is 3.42. The highest BCUT2D eigenvalue weighted by Gasteiger charge is 2.33. The molecule has 0 heterocycles. The van der Waals surface area contributed by atoms with Gasteiger partial charge in [-0.1, -0.05) is 12.8 Å². The third-order valence-corrected chi connectivity index (χ3v) is 4.05. The Hall–Kier alpha value is -1.10. The Labute approximate surface area is 116 Å². The molecular formula is C14H27N3O2. The molecule has 0 bridgehead atoms. The van der Waals surface area contributed by atoms with Crippen LogP contribution in [0, 0.1) is 11.8 Å². The van der Waals surface area contributed by atoms with Gasteiger partial charge >= 0.3 is 0 Å². The average molecular weight is 269 g/mol. The molecule has 1 aliphatic rings. The second-order valence-electron chi connectivity index (χ2n) is 5.53. The van der Waals surface area contributed by atoms with E-state index in [4.69, 9.17) is 5.73 Å². The Bertz CT molecular complexity index is 318. The van der Waals surface area contributed by atoms with Crippen molar-refractivity contribution in [3.05, 3.63) is 0 Å². The van der Waals surface area contributed by atoms with Crippen molar-refractivity contribution >= 4 is 11.8 Å². The first-order valence-electron chi connectivity index (χ1n) is 7.20. The number of hydrogen-bond acceptors (Lipinski definition) is 3. The molecule has 2 atom stereocenters. The third-order valence-electron chi connectivity index (χ3n) is 4.05. The second-order valence-corrected chi connectivity index (χ2v) is 5.53. The molecule has 5 heteroatoms. The third kappa shape index (κ3) is 4.20. The van der Waals surface area contributed by atoms with Gasteiger partial charge in [-0.3, -0.25) is 9.59 Å². The lowest BCUT2D eigenvalue weighted by Crippen LogP contribution is -2.46. The van der Waals surface area contributed by atoms with Crippen LogP contribution < -0.4 is 5.73 Å². The summed E-state index contributed by atoms with van der Waals surface area (Å²) in [4.78, 5) is 27.5. The van der Waals surface area contributed by atoms with Gasteiger partial charge in [0.05, 0.1) is 6.54 Å². The highest BCUT2D eigenvalue weighted by Crippen LogP contribution is 2.30. The van der Waals surface area contributed by atoms with Gasteiger partial charge in [-0.15, -0.1) is 0 Å². The Morgan fingerprint density at radius 3 is 2.37 bits per heavy atom. The molecule has 2 unspecified atom stereocenters. The number of nitrogens with two attached hydrogens (primary N) is 1. The number of hydrogen-bond donors (Lipinski definition) is 1. The van der Waals surface area contributed by atoms with Crippen LogP contribution in [0.5, 0.6) is 0 Å². The first kappa shape index (κ1) is 16.0. The molecule has 0 saturated heterocycles. The van der Waals surface area contributed by atoms with E-state index in [9.17, 15) is 9.59 Å². The van der Waals surface area contributed by atoms with Gasteiger partial charge < -0.3 is 15.5 Å². The fourth-order valence-corrected chi connectivity index (χ4v) is 2.70. The van der Waals surface area contributed by atoms with Gasteiger partial charge in [-0.25, -0.2) is 0 Å². The summed E-state index contributed by atoms with van der Waals surface area (Å²) in [6, 6.07) is 0. The predicted molar refractivity (Wildman–Crippen MR) is 75.5 cm³/mol. The quantitative estimate of drug-likeness (QED) is 0.798. The van der Waals surface area contributed by atoms with Crippen molar-refractivity contribution < 1.29 is 9.59 Å². The molecule has 0 aromatic carbocycles. The summed E-state index contributed by atoms with van der Waals surface area (Å²) in [5.74, 6) is 0.363. The molecule has 19 heavy (non-hydrogen) atoms. The number of amides is 2. The van der Waals surface area contributed by atoms with Crippen LogP contribution in [0.25, 0.3) is 0 Å². The molecule has 1 rings (SSSR count). The van der Waals surface area contributed by atoms with Gasteiger partial charge in [-0.05, 0) is 32.2 Å². The zero-order valence-corrected chi connectivity index (χ0v) is 12.4. The van der Waals surface area contributed by atoms with E-state index in [0.717, 1.165) is 25.7 Å². The molecule has 5 nitrogen and oxygen atoms in total. The zero-order chi connectivity index (χ0) is 14.4. The largest absolute Gasteiger partial charge is 0.347 e. The SMILES string of the molecule is CCN(CC(=O)N(C)C)C(=O)C1CCCCC1CN. The minimum Gasteiger partial charge on any atom is -0.347 e. The standard InChI is InChI=1S/C14H27N3O2/c1-4-17(10-13(18)16(2)3)14(19)12-8-6-5-7-11(12)9-15/h11-12H,4-10,15H2,1-3H3. The molecule has 1 aliphatic carbocycles. The topological polar surface area (TPSA) is 66.6 Å². The fourth-order valence-electron chi connectivity index (χ4n) is 2.70. The number of carbonyl (C=O) groups excluding carboxylic acids is 2. The van der Waals surface area contributed by atoms with Gasteiger partial charge in [0.15, 0.2) is 0 Å². The molecule has 2 amide bonds.